The van der Waals surface area contributed by atoms with Crippen molar-refractivity contribution in [2.75, 3.05) is 4.90 Å². The number of hydrogen-bond acceptors (Lipinski definition) is 3. The van der Waals surface area contributed by atoms with Crippen LogP contribution in [0, 0.1) is 0 Å². The smallest absolute Gasteiger partial charge is 0.0540 e. The molecule has 0 bridgehead atoms. The molecule has 12 rings (SSSR count). The first kappa shape index (κ1) is 35.6. The first-order chi connectivity index (χ1) is 30.2. The summed E-state index contributed by atoms with van der Waals surface area (Å²) in [6, 6.07) is 82.6. The SMILES string of the molecule is c1cc(-c2ccccc2-c2ccc3ccccc3c2)cc(N(c2ccc(-c3ccc4c(c3)sc3ccccc34)cc2)c2ccccc2-c2ccc3sc4ccccc4c3c2)c1. The monoisotopic (exact) mass is 811 g/mol. The van der Waals surface area contributed by atoms with Crippen molar-refractivity contribution in [3.8, 4) is 44.5 Å². The van der Waals surface area contributed by atoms with Gasteiger partial charge in [0.25, 0.3) is 0 Å². The summed E-state index contributed by atoms with van der Waals surface area (Å²) >= 11 is 3.73. The van der Waals surface area contributed by atoms with E-state index in [2.05, 4.69) is 229 Å². The molecule has 0 unspecified atom stereocenters. The average Bonchev–Trinajstić information content (AvgIpc) is 3.90. The van der Waals surface area contributed by atoms with E-state index >= 15 is 0 Å². The van der Waals surface area contributed by atoms with Gasteiger partial charge in [-0.1, -0.05) is 158 Å². The van der Waals surface area contributed by atoms with Gasteiger partial charge in [-0.05, 0) is 116 Å². The Morgan fingerprint density at radius 3 is 1.62 bits per heavy atom. The standard InChI is InChI=1S/C58H37NS2/c1-2-13-40-34-43(25-24-38(40)12-1)48-17-4-3-16-47(48)42-14-11-15-46(35-42)59(45-30-26-39(27-31-45)41-28-32-52-50-19-6-9-22-55(50)61-58(52)37-41)54-21-8-5-18-49(54)44-29-33-57-53(36-44)51-20-7-10-23-56(51)60-57/h1-37H. The fraction of sp³-hybridized carbons (Fsp3) is 0. The van der Waals surface area contributed by atoms with E-state index in [0.717, 1.165) is 17.1 Å². The van der Waals surface area contributed by atoms with Crippen LogP contribution in [0.5, 0.6) is 0 Å². The molecule has 0 amide bonds. The zero-order valence-corrected chi connectivity index (χ0v) is 34.8. The van der Waals surface area contributed by atoms with Crippen LogP contribution >= 0.6 is 22.7 Å². The quantitative estimate of drug-likeness (QED) is 0.155. The molecule has 0 fully saturated rings. The number of thiophene rings is 2. The van der Waals surface area contributed by atoms with E-state index in [1.165, 1.54) is 95.6 Å². The lowest BCUT2D eigenvalue weighted by atomic mass is 9.93. The molecular formula is C58H37NS2. The number of hydrogen-bond donors (Lipinski definition) is 0. The van der Waals surface area contributed by atoms with Crippen LogP contribution in [0.3, 0.4) is 0 Å². The lowest BCUT2D eigenvalue weighted by Gasteiger charge is -2.28. The summed E-state index contributed by atoms with van der Waals surface area (Å²) in [5, 5.41) is 7.74. The van der Waals surface area contributed by atoms with Crippen LogP contribution in [0.25, 0.3) is 95.6 Å². The second-order valence-corrected chi connectivity index (χ2v) is 17.8. The Balaban J connectivity index is 1.00. The second-order valence-electron chi connectivity index (χ2n) is 15.7. The summed E-state index contributed by atoms with van der Waals surface area (Å²) < 4.78 is 5.26. The van der Waals surface area contributed by atoms with Gasteiger partial charge in [-0.15, -0.1) is 22.7 Å². The van der Waals surface area contributed by atoms with E-state index in [-0.39, 0.29) is 0 Å². The van der Waals surface area contributed by atoms with Crippen LogP contribution in [-0.2, 0) is 0 Å². The van der Waals surface area contributed by atoms with Crippen molar-refractivity contribution in [2.24, 2.45) is 0 Å². The summed E-state index contributed by atoms with van der Waals surface area (Å²) in [6.07, 6.45) is 0. The van der Waals surface area contributed by atoms with Gasteiger partial charge in [0.05, 0.1) is 5.69 Å². The van der Waals surface area contributed by atoms with Gasteiger partial charge in [-0.2, -0.15) is 0 Å². The normalized spacial score (nSPS) is 11.6. The number of para-hydroxylation sites is 1. The zero-order valence-electron chi connectivity index (χ0n) is 33.1. The molecule has 286 valence electrons. The molecule has 0 radical (unpaired) electrons. The van der Waals surface area contributed by atoms with Crippen LogP contribution in [0.1, 0.15) is 0 Å². The molecule has 1 nitrogen and oxygen atoms in total. The largest absolute Gasteiger partial charge is 0.310 e. The number of rotatable bonds is 7. The van der Waals surface area contributed by atoms with Crippen molar-refractivity contribution in [3.63, 3.8) is 0 Å². The lowest BCUT2D eigenvalue weighted by molar-refractivity contribution is 1.28. The molecule has 2 aromatic heterocycles. The first-order valence-corrected chi connectivity index (χ1v) is 22.4. The first-order valence-electron chi connectivity index (χ1n) is 20.7. The van der Waals surface area contributed by atoms with Crippen molar-refractivity contribution in [2.45, 2.75) is 0 Å². The third-order valence-electron chi connectivity index (χ3n) is 12.1. The van der Waals surface area contributed by atoms with Crippen LogP contribution in [0.15, 0.2) is 224 Å². The molecule has 0 aliphatic rings. The molecule has 3 heteroatoms. The molecule has 0 N–H and O–H groups in total. The predicted molar refractivity (Wildman–Crippen MR) is 266 cm³/mol. The van der Waals surface area contributed by atoms with E-state index < -0.39 is 0 Å². The maximum atomic E-state index is 2.44. The molecule has 0 aliphatic heterocycles. The predicted octanol–water partition coefficient (Wildman–Crippen LogP) is 17.7. The Kier molecular flexibility index (Phi) is 8.62. The lowest BCUT2D eigenvalue weighted by Crippen LogP contribution is -2.11. The molecule has 0 saturated carbocycles. The second kappa shape index (κ2) is 14.8. The topological polar surface area (TPSA) is 3.24 Å². The number of nitrogens with zero attached hydrogens (tertiary/aromatic N) is 1. The molecule has 2 heterocycles. The Bertz CT molecular complexity index is 3610. The van der Waals surface area contributed by atoms with Gasteiger partial charge >= 0.3 is 0 Å². The highest BCUT2D eigenvalue weighted by atomic mass is 32.1. The minimum Gasteiger partial charge on any atom is -0.310 e. The highest BCUT2D eigenvalue weighted by molar-refractivity contribution is 7.26. The van der Waals surface area contributed by atoms with E-state index in [4.69, 9.17) is 0 Å². The summed E-state index contributed by atoms with van der Waals surface area (Å²) in [7, 11) is 0. The molecule has 0 spiro atoms. The fourth-order valence-electron chi connectivity index (χ4n) is 9.10. The summed E-state index contributed by atoms with van der Waals surface area (Å²) in [4.78, 5) is 2.44. The van der Waals surface area contributed by atoms with E-state index in [1.807, 2.05) is 22.7 Å². The maximum absolute atomic E-state index is 2.44. The van der Waals surface area contributed by atoms with Crippen LogP contribution in [0.2, 0.25) is 0 Å². The molecule has 0 atom stereocenters. The van der Waals surface area contributed by atoms with E-state index in [0.29, 0.717) is 0 Å². The van der Waals surface area contributed by atoms with Gasteiger partial charge in [0, 0.05) is 57.3 Å². The van der Waals surface area contributed by atoms with Crippen molar-refractivity contribution < 1.29 is 0 Å². The van der Waals surface area contributed by atoms with Crippen molar-refractivity contribution in [1.29, 1.82) is 0 Å². The maximum Gasteiger partial charge on any atom is 0.0540 e. The summed E-state index contributed by atoms with van der Waals surface area (Å²) in [5.41, 5.74) is 12.9. The van der Waals surface area contributed by atoms with Gasteiger partial charge in [0.2, 0.25) is 0 Å². The van der Waals surface area contributed by atoms with Crippen LogP contribution < -0.4 is 4.90 Å². The Hall–Kier alpha value is -7.30. The van der Waals surface area contributed by atoms with Crippen molar-refractivity contribution in [1.82, 2.24) is 0 Å². The van der Waals surface area contributed by atoms with E-state index in [1.54, 1.807) is 0 Å². The highest BCUT2D eigenvalue weighted by Crippen LogP contribution is 2.45. The van der Waals surface area contributed by atoms with Crippen LogP contribution in [-0.4, -0.2) is 0 Å². The van der Waals surface area contributed by atoms with Gasteiger partial charge < -0.3 is 4.90 Å². The molecule has 61 heavy (non-hydrogen) atoms. The third-order valence-corrected chi connectivity index (χ3v) is 14.4. The Labute approximate surface area is 362 Å². The van der Waals surface area contributed by atoms with Gasteiger partial charge in [0.1, 0.15) is 0 Å². The molecule has 12 aromatic rings. The average molecular weight is 812 g/mol. The van der Waals surface area contributed by atoms with Gasteiger partial charge in [-0.3, -0.25) is 0 Å². The molecule has 0 aliphatic carbocycles. The molecule has 10 aromatic carbocycles. The summed E-state index contributed by atoms with van der Waals surface area (Å²) in [5.74, 6) is 0. The number of anilines is 3. The highest BCUT2D eigenvalue weighted by Gasteiger charge is 2.20. The molecular weight excluding hydrogens is 775 g/mol. The minimum absolute atomic E-state index is 1.10. The molecule has 0 saturated heterocycles. The van der Waals surface area contributed by atoms with Crippen LogP contribution in [0.4, 0.5) is 17.1 Å². The van der Waals surface area contributed by atoms with Gasteiger partial charge in [-0.25, -0.2) is 0 Å². The number of benzene rings is 10. The van der Waals surface area contributed by atoms with Crippen molar-refractivity contribution >= 4 is 90.9 Å². The minimum atomic E-state index is 1.10. The summed E-state index contributed by atoms with van der Waals surface area (Å²) in [6.45, 7) is 0. The Morgan fingerprint density at radius 2 is 0.820 bits per heavy atom. The van der Waals surface area contributed by atoms with Crippen molar-refractivity contribution in [3.05, 3.63) is 224 Å². The third kappa shape index (κ3) is 6.29. The van der Waals surface area contributed by atoms with E-state index in [9.17, 15) is 0 Å². The zero-order chi connectivity index (χ0) is 40.3. The Morgan fingerprint density at radius 1 is 0.262 bits per heavy atom. The number of fused-ring (bicyclic) bond motifs is 7. The fourth-order valence-corrected chi connectivity index (χ4v) is 11.3. The van der Waals surface area contributed by atoms with Gasteiger partial charge in [0.15, 0.2) is 0 Å².